The molecule has 1 unspecified atom stereocenters. The van der Waals surface area contributed by atoms with Gasteiger partial charge in [-0.15, -0.1) is 0 Å². The van der Waals surface area contributed by atoms with Crippen molar-refractivity contribution in [1.29, 1.82) is 0 Å². The predicted molar refractivity (Wildman–Crippen MR) is 92.6 cm³/mol. The van der Waals surface area contributed by atoms with Crippen molar-refractivity contribution in [3.8, 4) is 0 Å². The van der Waals surface area contributed by atoms with Gasteiger partial charge in [-0.2, -0.15) is 0 Å². The minimum absolute atomic E-state index is 0.0514. The second-order valence-electron chi connectivity index (χ2n) is 7.36. The summed E-state index contributed by atoms with van der Waals surface area (Å²) < 4.78 is 0. The first-order valence-corrected chi connectivity index (χ1v) is 9.15. The molecule has 3 amide bonds. The van der Waals surface area contributed by atoms with E-state index in [9.17, 15) is 9.59 Å². The third kappa shape index (κ3) is 3.40. The number of hydrogen-bond donors (Lipinski definition) is 2. The molecule has 4 rings (SSSR count). The van der Waals surface area contributed by atoms with Gasteiger partial charge in [-0.05, 0) is 62.5 Å². The fraction of sp³-hybridized carbons (Fsp3) is 0.579. The maximum absolute atomic E-state index is 12.7. The number of urea groups is 1. The number of para-hydroxylation sites is 1. The number of rotatable bonds is 5. The Balaban J connectivity index is 1.38. The van der Waals surface area contributed by atoms with Crippen LogP contribution in [0.15, 0.2) is 30.3 Å². The molecule has 1 aromatic rings. The molecule has 24 heavy (non-hydrogen) atoms. The van der Waals surface area contributed by atoms with Gasteiger partial charge in [-0.1, -0.05) is 18.2 Å². The first-order chi connectivity index (χ1) is 11.7. The molecule has 128 valence electrons. The number of likely N-dealkylation sites (tertiary alicyclic amines) is 1. The van der Waals surface area contributed by atoms with E-state index in [-0.39, 0.29) is 18.0 Å². The lowest BCUT2D eigenvalue weighted by molar-refractivity contribution is -0.119. The Hall–Kier alpha value is -2.04. The second kappa shape index (κ2) is 6.46. The molecule has 2 saturated carbocycles. The average molecular weight is 327 g/mol. The van der Waals surface area contributed by atoms with E-state index in [1.807, 2.05) is 30.3 Å². The highest BCUT2D eigenvalue weighted by Crippen LogP contribution is 2.44. The predicted octanol–water partition coefficient (Wildman–Crippen LogP) is 2.99. The molecule has 2 aliphatic carbocycles. The lowest BCUT2D eigenvalue weighted by Gasteiger charge is -2.27. The van der Waals surface area contributed by atoms with Crippen LogP contribution in [-0.2, 0) is 4.79 Å². The van der Waals surface area contributed by atoms with Crippen LogP contribution in [0.1, 0.15) is 38.5 Å². The summed E-state index contributed by atoms with van der Waals surface area (Å²) in [7, 11) is 0. The van der Waals surface area contributed by atoms with E-state index in [0.717, 1.165) is 18.5 Å². The zero-order chi connectivity index (χ0) is 16.5. The molecule has 0 bridgehead atoms. The monoisotopic (exact) mass is 327 g/mol. The van der Waals surface area contributed by atoms with Gasteiger partial charge in [-0.3, -0.25) is 4.79 Å². The highest BCUT2D eigenvalue weighted by Gasteiger charge is 2.44. The maximum Gasteiger partial charge on any atom is 0.318 e. The molecule has 1 aliphatic heterocycles. The Morgan fingerprint density at radius 1 is 1.00 bits per heavy atom. The van der Waals surface area contributed by atoms with Crippen LogP contribution >= 0.6 is 0 Å². The largest absolute Gasteiger partial charge is 0.335 e. The number of benzene rings is 1. The molecule has 1 saturated heterocycles. The maximum atomic E-state index is 12.7. The summed E-state index contributed by atoms with van der Waals surface area (Å²) in [5.41, 5.74) is 0.781. The van der Waals surface area contributed by atoms with E-state index < -0.39 is 0 Å². The zero-order valence-electron chi connectivity index (χ0n) is 13.9. The van der Waals surface area contributed by atoms with Gasteiger partial charge in [0.2, 0.25) is 5.91 Å². The Morgan fingerprint density at radius 3 is 2.29 bits per heavy atom. The first-order valence-electron chi connectivity index (χ1n) is 9.15. The van der Waals surface area contributed by atoms with Gasteiger partial charge >= 0.3 is 6.03 Å². The van der Waals surface area contributed by atoms with Crippen molar-refractivity contribution in [2.24, 2.45) is 11.8 Å². The molecule has 3 aliphatic rings. The molecule has 3 fully saturated rings. The number of carbonyl (C=O) groups is 2. The summed E-state index contributed by atoms with van der Waals surface area (Å²) in [6.07, 6.45) is 6.57. The van der Waals surface area contributed by atoms with Crippen molar-refractivity contribution in [2.75, 3.05) is 11.9 Å². The summed E-state index contributed by atoms with van der Waals surface area (Å²) in [5, 5.41) is 6.17. The summed E-state index contributed by atoms with van der Waals surface area (Å²) in [4.78, 5) is 27.0. The minimum Gasteiger partial charge on any atom is -0.335 e. The molecule has 0 aromatic heterocycles. The van der Waals surface area contributed by atoms with Crippen LogP contribution < -0.4 is 10.6 Å². The molecule has 5 heteroatoms. The molecule has 1 heterocycles. The van der Waals surface area contributed by atoms with Gasteiger partial charge < -0.3 is 15.5 Å². The normalized spacial score (nSPS) is 23.4. The van der Waals surface area contributed by atoms with Gasteiger partial charge in [0.1, 0.15) is 6.04 Å². The van der Waals surface area contributed by atoms with Crippen molar-refractivity contribution < 1.29 is 9.59 Å². The summed E-state index contributed by atoms with van der Waals surface area (Å²) in [5.74, 6) is 1.25. The van der Waals surface area contributed by atoms with Crippen molar-refractivity contribution in [3.05, 3.63) is 30.3 Å². The second-order valence-corrected chi connectivity index (χ2v) is 7.36. The lowest BCUT2D eigenvalue weighted by atomic mass is 10.1. The Kier molecular flexibility index (Phi) is 4.17. The fourth-order valence-electron chi connectivity index (χ4n) is 3.79. The van der Waals surface area contributed by atoms with Gasteiger partial charge in [0.25, 0.3) is 0 Å². The standard InChI is InChI=1S/C19H25N3O2/c23-18(20-15-5-2-1-3-6-15)16-7-4-12-22(16)19(24)21-17(13-8-9-13)14-10-11-14/h1-3,5-6,13-14,16-17H,4,7-12H2,(H,20,23)(H,21,24). The van der Waals surface area contributed by atoms with E-state index in [2.05, 4.69) is 10.6 Å². The van der Waals surface area contributed by atoms with Gasteiger partial charge in [0.05, 0.1) is 0 Å². The number of amides is 3. The zero-order valence-corrected chi connectivity index (χ0v) is 13.9. The van der Waals surface area contributed by atoms with Crippen molar-refractivity contribution in [1.82, 2.24) is 10.2 Å². The summed E-state index contributed by atoms with van der Waals surface area (Å²) in [6.45, 7) is 0.667. The molecule has 2 N–H and O–H groups in total. The van der Waals surface area contributed by atoms with Crippen LogP contribution in [0.2, 0.25) is 0 Å². The van der Waals surface area contributed by atoms with Crippen molar-refractivity contribution in [3.63, 3.8) is 0 Å². The van der Waals surface area contributed by atoms with Gasteiger partial charge in [-0.25, -0.2) is 4.79 Å². The quantitative estimate of drug-likeness (QED) is 0.873. The number of nitrogens with one attached hydrogen (secondary N) is 2. The smallest absolute Gasteiger partial charge is 0.318 e. The summed E-state index contributed by atoms with van der Waals surface area (Å²) >= 11 is 0. The van der Waals surface area contributed by atoms with E-state index in [1.54, 1.807) is 4.90 Å². The van der Waals surface area contributed by atoms with Crippen molar-refractivity contribution >= 4 is 17.6 Å². The Morgan fingerprint density at radius 2 is 1.67 bits per heavy atom. The van der Waals surface area contributed by atoms with Crippen molar-refractivity contribution in [2.45, 2.75) is 50.6 Å². The topological polar surface area (TPSA) is 61.4 Å². The van der Waals surface area contributed by atoms with Crippen LogP contribution in [0.3, 0.4) is 0 Å². The number of carbonyl (C=O) groups excluding carboxylic acids is 2. The van der Waals surface area contributed by atoms with Crippen LogP contribution in [0.4, 0.5) is 10.5 Å². The molecule has 5 nitrogen and oxygen atoms in total. The highest BCUT2D eigenvalue weighted by atomic mass is 16.2. The van der Waals surface area contributed by atoms with E-state index in [1.165, 1.54) is 25.7 Å². The first kappa shape index (κ1) is 15.5. The van der Waals surface area contributed by atoms with E-state index in [0.29, 0.717) is 24.4 Å². The highest BCUT2D eigenvalue weighted by molar-refractivity contribution is 5.97. The molecule has 0 spiro atoms. The third-order valence-corrected chi connectivity index (χ3v) is 5.41. The molecule has 1 atom stereocenters. The van der Waals surface area contributed by atoms with Crippen LogP contribution in [0, 0.1) is 11.8 Å². The SMILES string of the molecule is O=C(Nc1ccccc1)C1CCCN1C(=O)NC(C1CC1)C1CC1. The molecule has 0 radical (unpaired) electrons. The lowest BCUT2D eigenvalue weighted by Crippen LogP contribution is -2.51. The van der Waals surface area contributed by atoms with E-state index in [4.69, 9.17) is 0 Å². The minimum atomic E-state index is -0.357. The molecular weight excluding hydrogens is 302 g/mol. The third-order valence-electron chi connectivity index (χ3n) is 5.41. The average Bonchev–Trinajstić information content (AvgIpc) is 3.52. The summed E-state index contributed by atoms with van der Waals surface area (Å²) in [6, 6.07) is 9.36. The van der Waals surface area contributed by atoms with Gasteiger partial charge in [0, 0.05) is 18.3 Å². The van der Waals surface area contributed by atoms with E-state index >= 15 is 0 Å². The molecular formula is C19H25N3O2. The van der Waals surface area contributed by atoms with Gasteiger partial charge in [0.15, 0.2) is 0 Å². The van der Waals surface area contributed by atoms with Crippen LogP contribution in [-0.4, -0.2) is 35.5 Å². The Bertz CT molecular complexity index is 598. The Labute approximate surface area is 142 Å². The van der Waals surface area contributed by atoms with Crippen LogP contribution in [0.5, 0.6) is 0 Å². The number of anilines is 1. The fourth-order valence-corrected chi connectivity index (χ4v) is 3.79. The van der Waals surface area contributed by atoms with Crippen LogP contribution in [0.25, 0.3) is 0 Å². The number of nitrogens with zero attached hydrogens (tertiary/aromatic N) is 1. The number of hydrogen-bond acceptors (Lipinski definition) is 2. The molecule has 1 aromatic carbocycles.